The monoisotopic (exact) mass is 307 g/mol. The summed E-state index contributed by atoms with van der Waals surface area (Å²) in [6, 6.07) is 1.37. The van der Waals surface area contributed by atoms with Crippen molar-refractivity contribution in [3.8, 4) is 0 Å². The van der Waals surface area contributed by atoms with Crippen molar-refractivity contribution in [3.63, 3.8) is 0 Å². The van der Waals surface area contributed by atoms with Gasteiger partial charge in [-0.1, -0.05) is 11.6 Å². The van der Waals surface area contributed by atoms with Gasteiger partial charge >= 0.3 is 0 Å². The third-order valence-corrected chi connectivity index (χ3v) is 5.38. The van der Waals surface area contributed by atoms with Gasteiger partial charge in [-0.05, 0) is 18.4 Å². The van der Waals surface area contributed by atoms with Crippen molar-refractivity contribution < 1.29 is 12.8 Å². The number of nitrogens with one attached hydrogen (secondary N) is 1. The molecule has 19 heavy (non-hydrogen) atoms. The van der Waals surface area contributed by atoms with Crippen LogP contribution < -0.4 is 16.8 Å². The normalized spacial score (nSPS) is 21.5. The van der Waals surface area contributed by atoms with Gasteiger partial charge in [-0.3, -0.25) is 0 Å². The molecule has 1 unspecified atom stereocenters. The predicted octanol–water partition coefficient (Wildman–Crippen LogP) is 1.49. The first kappa shape index (κ1) is 14.2. The molecule has 0 saturated carbocycles. The largest absolute Gasteiger partial charge is 0.397 e. The van der Waals surface area contributed by atoms with E-state index in [9.17, 15) is 12.8 Å². The predicted molar refractivity (Wildman–Crippen MR) is 75.5 cm³/mol. The molecule has 1 fully saturated rings. The first-order chi connectivity index (χ1) is 8.80. The maximum absolute atomic E-state index is 13.9. The van der Waals surface area contributed by atoms with Crippen molar-refractivity contribution in [1.82, 2.24) is 0 Å². The minimum Gasteiger partial charge on any atom is -0.397 e. The lowest BCUT2D eigenvalue weighted by atomic mass is 10.1. The van der Waals surface area contributed by atoms with Crippen molar-refractivity contribution in [3.05, 3.63) is 16.9 Å². The molecule has 1 aliphatic rings. The Morgan fingerprint density at radius 2 is 2.11 bits per heavy atom. The molecule has 0 amide bonds. The van der Waals surface area contributed by atoms with E-state index >= 15 is 0 Å². The lowest BCUT2D eigenvalue weighted by Gasteiger charge is -2.15. The number of nitrogen functional groups attached to an aromatic ring is 2. The van der Waals surface area contributed by atoms with Crippen LogP contribution in [0, 0.1) is 11.7 Å². The summed E-state index contributed by atoms with van der Waals surface area (Å²) in [5.41, 5.74) is 11.5. The van der Waals surface area contributed by atoms with Crippen LogP contribution in [-0.4, -0.2) is 26.5 Å². The van der Waals surface area contributed by atoms with E-state index in [1.807, 2.05) is 0 Å². The summed E-state index contributed by atoms with van der Waals surface area (Å²) < 4.78 is 36.5. The topological polar surface area (TPSA) is 98.2 Å². The third-order valence-electron chi connectivity index (χ3n) is 3.16. The molecule has 0 spiro atoms. The van der Waals surface area contributed by atoms with Gasteiger partial charge in [0, 0.05) is 6.54 Å². The standard InChI is InChI=1S/C11H15ClFN3O2S/c12-9-7(14)3-8(15)11(10(9)13)16-4-6-1-2-19(17,18)5-6/h3,6,16H,1-2,4-5,14-15H2. The van der Waals surface area contributed by atoms with Gasteiger partial charge in [0.05, 0.1) is 28.6 Å². The number of sulfone groups is 1. The number of hydrogen-bond acceptors (Lipinski definition) is 5. The highest BCUT2D eigenvalue weighted by Crippen LogP contribution is 2.34. The highest BCUT2D eigenvalue weighted by Gasteiger charge is 2.28. The number of benzene rings is 1. The quantitative estimate of drug-likeness (QED) is 0.735. The molecule has 1 heterocycles. The number of anilines is 3. The Bertz CT molecular complexity index is 606. The van der Waals surface area contributed by atoms with E-state index in [2.05, 4.69) is 5.32 Å². The van der Waals surface area contributed by atoms with Gasteiger partial charge < -0.3 is 16.8 Å². The van der Waals surface area contributed by atoms with Gasteiger partial charge in [-0.25, -0.2) is 12.8 Å². The molecular weight excluding hydrogens is 293 g/mol. The fraction of sp³-hybridized carbons (Fsp3) is 0.455. The molecule has 0 aromatic heterocycles. The van der Waals surface area contributed by atoms with Crippen LogP contribution in [0.15, 0.2) is 6.07 Å². The Balaban J connectivity index is 2.11. The molecule has 1 atom stereocenters. The zero-order valence-corrected chi connectivity index (χ0v) is 11.7. The number of hydrogen-bond donors (Lipinski definition) is 3. The van der Waals surface area contributed by atoms with Crippen LogP contribution in [0.5, 0.6) is 0 Å². The Morgan fingerprint density at radius 3 is 2.68 bits per heavy atom. The second kappa shape index (κ2) is 5.05. The summed E-state index contributed by atoms with van der Waals surface area (Å²) in [7, 11) is -2.95. The van der Waals surface area contributed by atoms with E-state index in [0.29, 0.717) is 13.0 Å². The van der Waals surface area contributed by atoms with E-state index in [1.54, 1.807) is 0 Å². The Hall–Kier alpha value is -1.21. The lowest BCUT2D eigenvalue weighted by molar-refractivity contribution is 0.594. The van der Waals surface area contributed by atoms with E-state index in [4.69, 9.17) is 23.1 Å². The molecule has 2 rings (SSSR count). The minimum atomic E-state index is -2.95. The summed E-state index contributed by atoms with van der Waals surface area (Å²) in [4.78, 5) is 0. The average molecular weight is 308 g/mol. The zero-order chi connectivity index (χ0) is 14.2. The number of nitrogens with two attached hydrogens (primary N) is 2. The van der Waals surface area contributed by atoms with Gasteiger partial charge in [-0.15, -0.1) is 0 Å². The molecule has 1 aliphatic heterocycles. The maximum atomic E-state index is 13.9. The maximum Gasteiger partial charge on any atom is 0.169 e. The van der Waals surface area contributed by atoms with Crippen molar-refractivity contribution in [2.24, 2.45) is 5.92 Å². The smallest absolute Gasteiger partial charge is 0.169 e. The first-order valence-electron chi connectivity index (χ1n) is 5.77. The molecule has 1 aromatic rings. The van der Waals surface area contributed by atoms with Gasteiger partial charge in [0.25, 0.3) is 0 Å². The molecule has 0 bridgehead atoms. The molecule has 8 heteroatoms. The van der Waals surface area contributed by atoms with E-state index in [-0.39, 0.29) is 39.5 Å². The van der Waals surface area contributed by atoms with Crippen molar-refractivity contribution >= 4 is 38.5 Å². The van der Waals surface area contributed by atoms with Gasteiger partial charge in [-0.2, -0.15) is 0 Å². The van der Waals surface area contributed by atoms with Crippen LogP contribution in [0.25, 0.3) is 0 Å². The molecule has 1 saturated heterocycles. The van der Waals surface area contributed by atoms with E-state index in [1.165, 1.54) is 6.07 Å². The molecule has 1 aromatic carbocycles. The van der Waals surface area contributed by atoms with Crippen LogP contribution in [-0.2, 0) is 9.84 Å². The average Bonchev–Trinajstić information content (AvgIpc) is 2.66. The molecule has 0 radical (unpaired) electrons. The van der Waals surface area contributed by atoms with Crippen molar-refractivity contribution in [1.29, 1.82) is 0 Å². The zero-order valence-electron chi connectivity index (χ0n) is 10.1. The Morgan fingerprint density at radius 1 is 1.42 bits per heavy atom. The summed E-state index contributed by atoms with van der Waals surface area (Å²) in [5, 5.41) is 2.64. The van der Waals surface area contributed by atoms with E-state index < -0.39 is 15.7 Å². The van der Waals surface area contributed by atoms with Gasteiger partial charge in [0.1, 0.15) is 5.02 Å². The Labute approximate surface area is 116 Å². The first-order valence-corrected chi connectivity index (χ1v) is 7.97. The molecular formula is C11H15ClFN3O2S. The van der Waals surface area contributed by atoms with Gasteiger partial charge in [0.2, 0.25) is 0 Å². The fourth-order valence-electron chi connectivity index (χ4n) is 2.13. The van der Waals surface area contributed by atoms with Crippen molar-refractivity contribution in [2.75, 3.05) is 34.8 Å². The Kier molecular flexibility index (Phi) is 3.78. The third kappa shape index (κ3) is 3.03. The summed E-state index contributed by atoms with van der Waals surface area (Å²) >= 11 is 5.70. The highest BCUT2D eigenvalue weighted by atomic mass is 35.5. The highest BCUT2D eigenvalue weighted by molar-refractivity contribution is 7.91. The fourth-order valence-corrected chi connectivity index (χ4v) is 4.14. The molecule has 0 aliphatic carbocycles. The molecule has 5 nitrogen and oxygen atoms in total. The van der Waals surface area contributed by atoms with Crippen LogP contribution in [0.4, 0.5) is 21.5 Å². The SMILES string of the molecule is Nc1cc(N)c(NCC2CCS(=O)(=O)C2)c(F)c1Cl. The van der Waals surface area contributed by atoms with Crippen molar-refractivity contribution in [2.45, 2.75) is 6.42 Å². The number of halogens is 2. The molecule has 5 N–H and O–H groups in total. The summed E-state index contributed by atoms with van der Waals surface area (Å²) in [6.45, 7) is 0.334. The van der Waals surface area contributed by atoms with E-state index in [0.717, 1.165) is 0 Å². The lowest BCUT2D eigenvalue weighted by Crippen LogP contribution is -2.17. The second-order valence-electron chi connectivity index (χ2n) is 4.71. The van der Waals surface area contributed by atoms with Gasteiger partial charge in [0.15, 0.2) is 15.7 Å². The number of rotatable bonds is 3. The van der Waals surface area contributed by atoms with Crippen LogP contribution in [0.1, 0.15) is 6.42 Å². The minimum absolute atomic E-state index is 0.0415. The second-order valence-corrected chi connectivity index (χ2v) is 7.31. The van der Waals surface area contributed by atoms with Crippen LogP contribution in [0.2, 0.25) is 5.02 Å². The van der Waals surface area contributed by atoms with Crippen LogP contribution in [0.3, 0.4) is 0 Å². The molecule has 106 valence electrons. The summed E-state index contributed by atoms with van der Waals surface area (Å²) in [5.74, 6) is -0.454. The summed E-state index contributed by atoms with van der Waals surface area (Å²) in [6.07, 6.45) is 0.569. The van der Waals surface area contributed by atoms with Crippen LogP contribution >= 0.6 is 11.6 Å².